The smallest absolute Gasteiger partial charge is 0.278 e. The molecule has 31 heavy (non-hydrogen) atoms. The second-order valence-corrected chi connectivity index (χ2v) is 7.63. The number of anilines is 2. The van der Waals surface area contributed by atoms with Crippen LogP contribution in [0.5, 0.6) is 0 Å². The van der Waals surface area contributed by atoms with E-state index in [4.69, 9.17) is 10.2 Å². The summed E-state index contributed by atoms with van der Waals surface area (Å²) in [5.74, 6) is -1.23. The van der Waals surface area contributed by atoms with E-state index >= 15 is 0 Å². The molecule has 1 aromatic heterocycles. The number of halogens is 1. The second kappa shape index (κ2) is 8.59. The van der Waals surface area contributed by atoms with Gasteiger partial charge < -0.3 is 20.4 Å². The minimum Gasteiger partial charge on any atom is -0.443 e. The highest BCUT2D eigenvalue weighted by Crippen LogP contribution is 2.30. The summed E-state index contributed by atoms with van der Waals surface area (Å²) in [5, 5.41) is 2.74. The molecule has 0 spiro atoms. The van der Waals surface area contributed by atoms with Gasteiger partial charge >= 0.3 is 0 Å². The number of carbonyl (C=O) groups excluding carboxylic acids is 2. The monoisotopic (exact) mass is 422 g/mol. The van der Waals surface area contributed by atoms with Crippen LogP contribution in [0.15, 0.2) is 53.3 Å². The van der Waals surface area contributed by atoms with Gasteiger partial charge in [-0.3, -0.25) is 9.59 Å². The fourth-order valence-corrected chi connectivity index (χ4v) is 3.92. The molecule has 0 aliphatic carbocycles. The average Bonchev–Trinajstić information content (AvgIpc) is 3.25. The van der Waals surface area contributed by atoms with Crippen LogP contribution in [-0.2, 0) is 0 Å². The molecule has 3 aromatic rings. The van der Waals surface area contributed by atoms with E-state index in [0.717, 1.165) is 37.9 Å². The van der Waals surface area contributed by atoms with Crippen molar-refractivity contribution in [2.45, 2.75) is 32.2 Å². The Bertz CT molecular complexity index is 1110. The molecule has 160 valence electrons. The molecule has 8 heteroatoms. The highest BCUT2D eigenvalue weighted by atomic mass is 19.1. The van der Waals surface area contributed by atoms with E-state index in [-0.39, 0.29) is 11.5 Å². The van der Waals surface area contributed by atoms with Crippen LogP contribution in [-0.4, -0.2) is 29.4 Å². The van der Waals surface area contributed by atoms with Crippen LogP contribution in [0.1, 0.15) is 47.0 Å². The van der Waals surface area contributed by atoms with Crippen LogP contribution in [0.25, 0.3) is 11.3 Å². The first-order valence-corrected chi connectivity index (χ1v) is 10.2. The van der Waals surface area contributed by atoms with E-state index in [1.54, 1.807) is 18.2 Å². The molecule has 1 saturated heterocycles. The third-order valence-corrected chi connectivity index (χ3v) is 5.52. The number of nitrogens with zero attached hydrogens (tertiary/aromatic N) is 2. The Kier molecular flexibility index (Phi) is 5.70. The zero-order valence-electron chi connectivity index (χ0n) is 17.1. The topological polar surface area (TPSA) is 101 Å². The van der Waals surface area contributed by atoms with Gasteiger partial charge in [0.1, 0.15) is 5.82 Å². The van der Waals surface area contributed by atoms with E-state index in [9.17, 15) is 14.0 Å². The van der Waals surface area contributed by atoms with E-state index in [0.29, 0.717) is 22.9 Å². The zero-order chi connectivity index (χ0) is 22.0. The van der Waals surface area contributed by atoms with Crippen LogP contribution < -0.4 is 16.0 Å². The van der Waals surface area contributed by atoms with Gasteiger partial charge in [-0.05, 0) is 68.7 Å². The summed E-state index contributed by atoms with van der Waals surface area (Å²) in [6.45, 7) is 2.98. The quantitative estimate of drug-likeness (QED) is 0.641. The number of oxazole rings is 1. The summed E-state index contributed by atoms with van der Waals surface area (Å²) in [5.41, 5.74) is 7.76. The first-order valence-electron chi connectivity index (χ1n) is 10.2. The highest BCUT2D eigenvalue weighted by molar-refractivity contribution is 6.07. The number of aromatic nitrogens is 1. The predicted octanol–water partition coefficient (Wildman–Crippen LogP) is 4.21. The molecule has 2 aromatic carbocycles. The normalized spacial score (nSPS) is 16.2. The maximum Gasteiger partial charge on any atom is 0.278 e. The Morgan fingerprint density at radius 1 is 1.19 bits per heavy atom. The van der Waals surface area contributed by atoms with Crippen LogP contribution in [0.2, 0.25) is 0 Å². The summed E-state index contributed by atoms with van der Waals surface area (Å²) < 4.78 is 18.5. The third kappa shape index (κ3) is 4.28. The number of rotatable bonds is 5. The first kappa shape index (κ1) is 20.6. The molecule has 0 radical (unpaired) electrons. The Morgan fingerprint density at radius 3 is 2.68 bits per heavy atom. The van der Waals surface area contributed by atoms with Gasteiger partial charge in [-0.15, -0.1) is 0 Å². The van der Waals surface area contributed by atoms with Gasteiger partial charge in [-0.2, -0.15) is 0 Å². The Morgan fingerprint density at radius 2 is 1.97 bits per heavy atom. The van der Waals surface area contributed by atoms with E-state index in [1.165, 1.54) is 24.3 Å². The standard InChI is InChI=1S/C23H23FN4O3/c1-14-4-2-3-11-28(14)19-10-9-17(12-18(19)22(25)29)27-23(30)20-21(31-13-26-20)15-5-7-16(24)8-6-15/h5-10,12-14H,2-4,11H2,1H3,(H2,25,29)(H,27,30). The lowest BCUT2D eigenvalue weighted by Gasteiger charge is -2.36. The Hall–Kier alpha value is -3.68. The van der Waals surface area contributed by atoms with E-state index in [2.05, 4.69) is 22.1 Å². The molecule has 3 N–H and O–H groups in total. The van der Waals surface area contributed by atoms with Crippen molar-refractivity contribution in [3.63, 3.8) is 0 Å². The Labute approximate surface area is 179 Å². The number of nitrogens with one attached hydrogen (secondary N) is 1. The van der Waals surface area contributed by atoms with Crippen molar-refractivity contribution < 1.29 is 18.4 Å². The van der Waals surface area contributed by atoms with Crippen molar-refractivity contribution in [2.24, 2.45) is 5.73 Å². The van der Waals surface area contributed by atoms with Crippen LogP contribution >= 0.6 is 0 Å². The van der Waals surface area contributed by atoms with Gasteiger partial charge in [0.05, 0.1) is 5.56 Å². The third-order valence-electron chi connectivity index (χ3n) is 5.52. The summed E-state index contributed by atoms with van der Waals surface area (Å²) >= 11 is 0. The van der Waals surface area contributed by atoms with Crippen molar-refractivity contribution in [1.29, 1.82) is 0 Å². The summed E-state index contributed by atoms with van der Waals surface area (Å²) in [4.78, 5) is 31.1. The fourth-order valence-electron chi connectivity index (χ4n) is 3.92. The fraction of sp³-hybridized carbons (Fsp3) is 0.261. The number of piperidine rings is 1. The Balaban J connectivity index is 1.59. The lowest BCUT2D eigenvalue weighted by molar-refractivity contribution is 0.0996. The van der Waals surface area contributed by atoms with E-state index in [1.807, 2.05) is 0 Å². The molecule has 1 aliphatic rings. The first-order chi connectivity index (χ1) is 14.9. The predicted molar refractivity (Wildman–Crippen MR) is 115 cm³/mol. The lowest BCUT2D eigenvalue weighted by atomic mass is 10.0. The number of hydrogen-bond acceptors (Lipinski definition) is 5. The zero-order valence-corrected chi connectivity index (χ0v) is 17.1. The van der Waals surface area contributed by atoms with Crippen LogP contribution in [0.4, 0.5) is 15.8 Å². The number of amides is 2. The molecule has 2 amide bonds. The lowest BCUT2D eigenvalue weighted by Crippen LogP contribution is -2.38. The average molecular weight is 422 g/mol. The van der Waals surface area contributed by atoms with Crippen molar-refractivity contribution in [3.8, 4) is 11.3 Å². The maximum atomic E-state index is 13.2. The van der Waals surface area contributed by atoms with Crippen molar-refractivity contribution in [3.05, 3.63) is 65.9 Å². The van der Waals surface area contributed by atoms with Crippen molar-refractivity contribution in [2.75, 3.05) is 16.8 Å². The molecule has 1 fully saturated rings. The van der Waals surface area contributed by atoms with Gasteiger partial charge in [-0.1, -0.05) is 0 Å². The molecule has 2 heterocycles. The maximum absolute atomic E-state index is 13.2. The molecule has 1 unspecified atom stereocenters. The summed E-state index contributed by atoms with van der Waals surface area (Å²) in [7, 11) is 0. The number of carbonyl (C=O) groups is 2. The number of primary amides is 1. The van der Waals surface area contributed by atoms with E-state index < -0.39 is 17.6 Å². The molecular weight excluding hydrogens is 399 g/mol. The van der Waals surface area contributed by atoms with Crippen LogP contribution in [0, 0.1) is 5.82 Å². The largest absolute Gasteiger partial charge is 0.443 e. The molecular formula is C23H23FN4O3. The summed E-state index contributed by atoms with van der Waals surface area (Å²) in [6, 6.07) is 11.0. The minimum atomic E-state index is -0.558. The minimum absolute atomic E-state index is 0.0564. The van der Waals surface area contributed by atoms with Crippen LogP contribution in [0.3, 0.4) is 0 Å². The SMILES string of the molecule is CC1CCCCN1c1ccc(NC(=O)c2ncoc2-c2ccc(F)cc2)cc1C(N)=O. The number of nitrogens with two attached hydrogens (primary N) is 1. The molecule has 0 saturated carbocycles. The van der Waals surface area contributed by atoms with Gasteiger partial charge in [-0.25, -0.2) is 9.37 Å². The highest BCUT2D eigenvalue weighted by Gasteiger charge is 2.24. The van der Waals surface area contributed by atoms with Gasteiger partial charge in [0, 0.05) is 29.5 Å². The van der Waals surface area contributed by atoms with Gasteiger partial charge in [0.15, 0.2) is 17.8 Å². The molecule has 4 rings (SSSR count). The van der Waals surface area contributed by atoms with Gasteiger partial charge in [0.2, 0.25) is 0 Å². The van der Waals surface area contributed by atoms with Gasteiger partial charge in [0.25, 0.3) is 11.8 Å². The number of benzene rings is 2. The van der Waals surface area contributed by atoms with Crippen molar-refractivity contribution in [1.82, 2.24) is 4.98 Å². The molecule has 1 atom stereocenters. The number of hydrogen-bond donors (Lipinski definition) is 2. The molecule has 7 nitrogen and oxygen atoms in total. The molecule has 0 bridgehead atoms. The van der Waals surface area contributed by atoms with Crippen molar-refractivity contribution >= 4 is 23.2 Å². The molecule has 1 aliphatic heterocycles. The second-order valence-electron chi connectivity index (χ2n) is 7.63. The summed E-state index contributed by atoms with van der Waals surface area (Å²) in [6.07, 6.45) is 4.42.